The number of anilines is 1. The van der Waals surface area contributed by atoms with Crippen LogP contribution in [0.2, 0.25) is 5.02 Å². The molecule has 1 fully saturated rings. The zero-order chi connectivity index (χ0) is 12.4. The summed E-state index contributed by atoms with van der Waals surface area (Å²) < 4.78 is 5.67. The van der Waals surface area contributed by atoms with Gasteiger partial charge in [0, 0.05) is 24.8 Å². The van der Waals surface area contributed by atoms with Crippen molar-refractivity contribution in [2.45, 2.75) is 32.7 Å². The van der Waals surface area contributed by atoms with Crippen molar-refractivity contribution >= 4 is 17.4 Å². The molecule has 1 aromatic rings. The van der Waals surface area contributed by atoms with Gasteiger partial charge in [0.1, 0.15) is 5.82 Å². The van der Waals surface area contributed by atoms with Gasteiger partial charge < -0.3 is 14.7 Å². The van der Waals surface area contributed by atoms with E-state index in [2.05, 4.69) is 9.88 Å². The van der Waals surface area contributed by atoms with Crippen LogP contribution in [0.4, 0.5) is 5.82 Å². The maximum absolute atomic E-state index is 9.19. The third kappa shape index (κ3) is 2.89. The Morgan fingerprint density at radius 2 is 2.12 bits per heavy atom. The van der Waals surface area contributed by atoms with Gasteiger partial charge in [-0.2, -0.15) is 0 Å². The molecule has 1 aliphatic rings. The predicted octanol–water partition coefficient (Wildman–Crippen LogP) is 1.84. The van der Waals surface area contributed by atoms with Crippen LogP contribution in [0.1, 0.15) is 19.4 Å². The minimum Gasteiger partial charge on any atom is -0.392 e. The van der Waals surface area contributed by atoms with Crippen molar-refractivity contribution in [3.8, 4) is 0 Å². The van der Waals surface area contributed by atoms with Gasteiger partial charge in [0.15, 0.2) is 0 Å². The summed E-state index contributed by atoms with van der Waals surface area (Å²) in [6.45, 7) is 5.65. The average molecular weight is 257 g/mol. The molecule has 0 radical (unpaired) electrons. The molecule has 0 spiro atoms. The standard InChI is InChI=1S/C12H17ClN2O2/c1-8-5-15(6-9(2)17-8)12-3-10(7-16)11(13)4-14-12/h3-4,8-9,16H,5-7H2,1-2H3. The second-order valence-corrected chi connectivity index (χ2v) is 4.86. The quantitative estimate of drug-likeness (QED) is 0.877. The van der Waals surface area contributed by atoms with E-state index >= 15 is 0 Å². The van der Waals surface area contributed by atoms with Crippen LogP contribution in [0.25, 0.3) is 0 Å². The number of aliphatic hydroxyl groups excluding tert-OH is 1. The fourth-order valence-corrected chi connectivity index (χ4v) is 2.29. The van der Waals surface area contributed by atoms with Gasteiger partial charge in [-0.3, -0.25) is 0 Å². The van der Waals surface area contributed by atoms with E-state index in [0.29, 0.717) is 10.6 Å². The topological polar surface area (TPSA) is 45.6 Å². The highest BCUT2D eigenvalue weighted by Crippen LogP contribution is 2.23. The highest BCUT2D eigenvalue weighted by Gasteiger charge is 2.23. The van der Waals surface area contributed by atoms with E-state index in [1.165, 1.54) is 0 Å². The van der Waals surface area contributed by atoms with Gasteiger partial charge in [0.05, 0.1) is 23.8 Å². The molecule has 0 amide bonds. The molecule has 0 aliphatic carbocycles. The molecule has 1 saturated heterocycles. The van der Waals surface area contributed by atoms with Crippen molar-refractivity contribution < 1.29 is 9.84 Å². The van der Waals surface area contributed by atoms with Crippen molar-refractivity contribution in [2.24, 2.45) is 0 Å². The van der Waals surface area contributed by atoms with E-state index < -0.39 is 0 Å². The normalized spacial score (nSPS) is 25.1. The van der Waals surface area contributed by atoms with Crippen LogP contribution in [0, 0.1) is 0 Å². The molecule has 5 heteroatoms. The number of hydrogen-bond donors (Lipinski definition) is 1. The minimum atomic E-state index is -0.0657. The van der Waals surface area contributed by atoms with E-state index in [4.69, 9.17) is 16.3 Å². The van der Waals surface area contributed by atoms with Crippen molar-refractivity contribution in [1.29, 1.82) is 0 Å². The lowest BCUT2D eigenvalue weighted by molar-refractivity contribution is -0.00546. The van der Waals surface area contributed by atoms with Gasteiger partial charge in [0.25, 0.3) is 0 Å². The number of halogens is 1. The summed E-state index contributed by atoms with van der Waals surface area (Å²) >= 11 is 5.93. The number of ether oxygens (including phenoxy) is 1. The summed E-state index contributed by atoms with van der Waals surface area (Å²) in [4.78, 5) is 6.47. The molecule has 2 atom stereocenters. The summed E-state index contributed by atoms with van der Waals surface area (Å²) in [5.74, 6) is 0.848. The van der Waals surface area contributed by atoms with E-state index in [1.807, 2.05) is 19.9 Å². The monoisotopic (exact) mass is 256 g/mol. The molecule has 0 bridgehead atoms. The lowest BCUT2D eigenvalue weighted by Gasteiger charge is -2.36. The van der Waals surface area contributed by atoms with E-state index in [9.17, 15) is 5.11 Å². The molecule has 17 heavy (non-hydrogen) atoms. The van der Waals surface area contributed by atoms with Gasteiger partial charge in [-0.15, -0.1) is 0 Å². The molecular weight excluding hydrogens is 240 g/mol. The first kappa shape index (κ1) is 12.6. The van der Waals surface area contributed by atoms with Crippen molar-refractivity contribution in [2.75, 3.05) is 18.0 Å². The molecule has 2 heterocycles. The smallest absolute Gasteiger partial charge is 0.129 e. The molecular formula is C12H17ClN2O2. The number of aliphatic hydroxyl groups is 1. The van der Waals surface area contributed by atoms with E-state index in [0.717, 1.165) is 18.9 Å². The van der Waals surface area contributed by atoms with Crippen molar-refractivity contribution in [1.82, 2.24) is 4.98 Å². The average Bonchev–Trinajstić information content (AvgIpc) is 2.28. The Morgan fingerprint density at radius 1 is 1.47 bits per heavy atom. The molecule has 1 aromatic heterocycles. The first-order chi connectivity index (χ1) is 8.10. The predicted molar refractivity (Wildman–Crippen MR) is 67.4 cm³/mol. The molecule has 0 aromatic carbocycles. The number of nitrogens with zero attached hydrogens (tertiary/aromatic N) is 2. The van der Waals surface area contributed by atoms with E-state index in [1.54, 1.807) is 6.20 Å². The highest BCUT2D eigenvalue weighted by atomic mass is 35.5. The van der Waals surface area contributed by atoms with Crippen molar-refractivity contribution in [3.63, 3.8) is 0 Å². The van der Waals surface area contributed by atoms with Crippen LogP contribution in [0.3, 0.4) is 0 Å². The molecule has 1 aliphatic heterocycles. The van der Waals surface area contributed by atoms with Crippen LogP contribution in [0.5, 0.6) is 0 Å². The third-order valence-corrected chi connectivity index (χ3v) is 3.17. The maximum Gasteiger partial charge on any atom is 0.129 e. The summed E-state index contributed by atoms with van der Waals surface area (Å²) in [6.07, 6.45) is 1.97. The Labute approximate surface area is 106 Å². The maximum atomic E-state index is 9.19. The second kappa shape index (κ2) is 5.21. The molecule has 4 nitrogen and oxygen atoms in total. The number of pyridine rings is 1. The lowest BCUT2D eigenvalue weighted by Crippen LogP contribution is -2.45. The number of rotatable bonds is 2. The largest absolute Gasteiger partial charge is 0.392 e. The number of hydrogen-bond acceptors (Lipinski definition) is 4. The van der Waals surface area contributed by atoms with Gasteiger partial charge in [-0.1, -0.05) is 11.6 Å². The minimum absolute atomic E-state index is 0.0657. The first-order valence-electron chi connectivity index (χ1n) is 5.76. The fraction of sp³-hybridized carbons (Fsp3) is 0.583. The fourth-order valence-electron chi connectivity index (χ4n) is 2.13. The van der Waals surface area contributed by atoms with E-state index in [-0.39, 0.29) is 18.8 Å². The van der Waals surface area contributed by atoms with Crippen molar-refractivity contribution in [3.05, 3.63) is 22.8 Å². The van der Waals surface area contributed by atoms with Crippen LogP contribution >= 0.6 is 11.6 Å². The van der Waals surface area contributed by atoms with Gasteiger partial charge in [-0.25, -0.2) is 4.98 Å². The molecule has 2 rings (SSSR count). The van der Waals surface area contributed by atoms with Crippen LogP contribution < -0.4 is 4.90 Å². The Morgan fingerprint density at radius 3 is 2.71 bits per heavy atom. The zero-order valence-electron chi connectivity index (χ0n) is 10.1. The van der Waals surface area contributed by atoms with Crippen LogP contribution in [0.15, 0.2) is 12.3 Å². The number of morpholine rings is 1. The Bertz CT molecular complexity index is 390. The van der Waals surface area contributed by atoms with Crippen LogP contribution in [-0.2, 0) is 11.3 Å². The summed E-state index contributed by atoms with van der Waals surface area (Å²) in [5, 5.41) is 9.69. The van der Waals surface area contributed by atoms with Gasteiger partial charge in [-0.05, 0) is 19.9 Å². The number of aromatic nitrogens is 1. The Hall–Kier alpha value is -0.840. The molecule has 94 valence electrons. The SMILES string of the molecule is CC1CN(c2cc(CO)c(Cl)cn2)CC(C)O1. The Kier molecular flexibility index (Phi) is 3.86. The highest BCUT2D eigenvalue weighted by molar-refractivity contribution is 6.31. The molecule has 0 saturated carbocycles. The summed E-state index contributed by atoms with van der Waals surface area (Å²) in [6, 6.07) is 1.84. The summed E-state index contributed by atoms with van der Waals surface area (Å²) in [5.41, 5.74) is 0.712. The Balaban J connectivity index is 2.21. The summed E-state index contributed by atoms with van der Waals surface area (Å²) in [7, 11) is 0. The first-order valence-corrected chi connectivity index (χ1v) is 6.13. The zero-order valence-corrected chi connectivity index (χ0v) is 10.8. The lowest BCUT2D eigenvalue weighted by atomic mass is 10.2. The molecule has 2 unspecified atom stereocenters. The second-order valence-electron chi connectivity index (χ2n) is 4.45. The third-order valence-electron chi connectivity index (χ3n) is 2.83. The van der Waals surface area contributed by atoms with Gasteiger partial charge >= 0.3 is 0 Å². The van der Waals surface area contributed by atoms with Gasteiger partial charge in [0.2, 0.25) is 0 Å². The van der Waals surface area contributed by atoms with Crippen LogP contribution in [-0.4, -0.2) is 35.4 Å². The molecule has 1 N–H and O–H groups in total.